The normalized spacial score (nSPS) is 16.2. The molecule has 1 amide bonds. The molecular weight excluding hydrogens is 434 g/mol. The number of rotatable bonds is 6. The number of ether oxygens (including phenoxy) is 3. The predicted octanol–water partition coefficient (Wildman–Crippen LogP) is 4.98. The van der Waals surface area contributed by atoms with E-state index in [1.54, 1.807) is 50.6 Å². The van der Waals surface area contributed by atoms with E-state index in [2.05, 4.69) is 9.98 Å². The predicted molar refractivity (Wildman–Crippen MR) is 125 cm³/mol. The van der Waals surface area contributed by atoms with Crippen LogP contribution in [0.15, 0.2) is 63.9 Å². The van der Waals surface area contributed by atoms with E-state index in [0.717, 1.165) is 11.3 Å². The highest BCUT2D eigenvalue weighted by Gasteiger charge is 2.35. The van der Waals surface area contributed by atoms with Gasteiger partial charge >= 0.3 is 0 Å². The van der Waals surface area contributed by atoms with Gasteiger partial charge < -0.3 is 14.2 Å². The third-order valence-electron chi connectivity index (χ3n) is 4.42. The number of carbonyl (C=O) groups excluding carboxylic acids is 1. The molecule has 0 saturated carbocycles. The number of nitrogens with zero attached hydrogens (tertiary/aromatic N) is 3. The molecule has 0 radical (unpaired) electrons. The number of aromatic nitrogens is 1. The minimum atomic E-state index is -0.166. The Bertz CT molecular complexity index is 1120. The number of amidine groups is 1. The van der Waals surface area contributed by atoms with E-state index in [0.29, 0.717) is 32.5 Å². The second-order valence-electron chi connectivity index (χ2n) is 6.25. The second kappa shape index (κ2) is 9.23. The number of thiazole rings is 1. The van der Waals surface area contributed by atoms with Crippen LogP contribution < -0.4 is 19.1 Å². The Kier molecular flexibility index (Phi) is 6.24. The number of amides is 1. The maximum atomic E-state index is 13.3. The van der Waals surface area contributed by atoms with E-state index >= 15 is 0 Å². The van der Waals surface area contributed by atoms with Crippen molar-refractivity contribution in [2.24, 2.45) is 4.99 Å². The third-order valence-corrected chi connectivity index (χ3v) is 6.05. The van der Waals surface area contributed by atoms with Gasteiger partial charge in [-0.3, -0.25) is 9.69 Å². The van der Waals surface area contributed by atoms with Crippen molar-refractivity contribution in [2.75, 3.05) is 26.2 Å². The average Bonchev–Trinajstić information content (AvgIpc) is 3.41. The topological polar surface area (TPSA) is 73.3 Å². The van der Waals surface area contributed by atoms with E-state index in [9.17, 15) is 4.79 Å². The molecule has 1 saturated heterocycles. The lowest BCUT2D eigenvalue weighted by molar-refractivity contribution is -0.113. The van der Waals surface area contributed by atoms with Gasteiger partial charge in [-0.15, -0.1) is 11.3 Å². The fraction of sp³-hybridized carbons (Fsp3) is 0.136. The highest BCUT2D eigenvalue weighted by molar-refractivity contribution is 8.19. The van der Waals surface area contributed by atoms with E-state index in [1.165, 1.54) is 23.1 Å². The van der Waals surface area contributed by atoms with Gasteiger partial charge in [0.1, 0.15) is 0 Å². The van der Waals surface area contributed by atoms with Crippen molar-refractivity contribution in [1.82, 2.24) is 4.98 Å². The van der Waals surface area contributed by atoms with E-state index < -0.39 is 0 Å². The number of anilines is 1. The average molecular weight is 454 g/mol. The quantitative estimate of drug-likeness (QED) is 0.490. The van der Waals surface area contributed by atoms with E-state index in [-0.39, 0.29) is 5.91 Å². The van der Waals surface area contributed by atoms with E-state index in [1.807, 2.05) is 35.7 Å². The van der Waals surface area contributed by atoms with Gasteiger partial charge in [-0.05, 0) is 47.7 Å². The molecule has 2 aromatic carbocycles. The molecule has 1 aliphatic heterocycles. The van der Waals surface area contributed by atoms with Crippen LogP contribution in [0.25, 0.3) is 6.08 Å². The van der Waals surface area contributed by atoms with E-state index in [4.69, 9.17) is 14.2 Å². The first-order valence-corrected chi connectivity index (χ1v) is 10.9. The van der Waals surface area contributed by atoms with Crippen LogP contribution in [0, 0.1) is 0 Å². The Labute approximate surface area is 188 Å². The largest absolute Gasteiger partial charge is 0.493 e. The molecule has 0 spiro atoms. The number of para-hydroxylation sites is 1. The fourth-order valence-electron chi connectivity index (χ4n) is 3.04. The SMILES string of the molecule is COc1cc(/C=C2\S/C(=N/c3nccs3)N(c3ccccc3)C2=O)cc(OC)c1OC. The summed E-state index contributed by atoms with van der Waals surface area (Å²) in [7, 11) is 4.66. The molecule has 0 atom stereocenters. The fourth-order valence-corrected chi connectivity index (χ4v) is 4.59. The first kappa shape index (κ1) is 21.0. The molecule has 3 aromatic rings. The molecule has 1 aliphatic rings. The van der Waals surface area contributed by atoms with Crippen LogP contribution in [-0.4, -0.2) is 37.4 Å². The molecule has 0 unspecified atom stereocenters. The van der Waals surface area contributed by atoms with Crippen LogP contribution >= 0.6 is 23.1 Å². The molecule has 0 aliphatic carbocycles. The highest BCUT2D eigenvalue weighted by atomic mass is 32.2. The monoisotopic (exact) mass is 453 g/mol. The zero-order valence-electron chi connectivity index (χ0n) is 17.1. The first-order chi connectivity index (χ1) is 15.1. The zero-order chi connectivity index (χ0) is 21.8. The molecule has 2 heterocycles. The summed E-state index contributed by atoms with van der Waals surface area (Å²) in [6, 6.07) is 13.0. The lowest BCUT2D eigenvalue weighted by Crippen LogP contribution is -2.28. The lowest BCUT2D eigenvalue weighted by Gasteiger charge is -2.15. The Hall–Kier alpha value is -3.30. The van der Waals surface area contributed by atoms with Gasteiger partial charge in [0, 0.05) is 11.6 Å². The maximum Gasteiger partial charge on any atom is 0.271 e. The molecular formula is C22H19N3O4S2. The molecule has 7 nitrogen and oxygen atoms in total. The summed E-state index contributed by atoms with van der Waals surface area (Å²) in [5.74, 6) is 1.36. The molecule has 0 bridgehead atoms. The minimum Gasteiger partial charge on any atom is -0.493 e. The highest BCUT2D eigenvalue weighted by Crippen LogP contribution is 2.41. The Balaban J connectivity index is 1.77. The first-order valence-electron chi connectivity index (χ1n) is 9.22. The van der Waals surface area contributed by atoms with Crippen molar-refractivity contribution in [2.45, 2.75) is 0 Å². The molecule has 9 heteroatoms. The van der Waals surface area contributed by atoms with Crippen molar-refractivity contribution in [3.8, 4) is 17.2 Å². The van der Waals surface area contributed by atoms with Gasteiger partial charge in [0.15, 0.2) is 16.7 Å². The van der Waals surface area contributed by atoms with Gasteiger partial charge in [-0.1, -0.05) is 18.2 Å². The van der Waals surface area contributed by atoms with Crippen molar-refractivity contribution in [3.63, 3.8) is 0 Å². The summed E-state index contributed by atoms with van der Waals surface area (Å²) in [5, 5.41) is 2.98. The smallest absolute Gasteiger partial charge is 0.271 e. The van der Waals surface area contributed by atoms with Gasteiger partial charge in [0.2, 0.25) is 10.9 Å². The van der Waals surface area contributed by atoms with Gasteiger partial charge in [0.05, 0.1) is 31.9 Å². The van der Waals surface area contributed by atoms with Crippen LogP contribution in [0.5, 0.6) is 17.2 Å². The van der Waals surface area contributed by atoms with Crippen LogP contribution in [0.4, 0.5) is 10.8 Å². The number of aliphatic imine (C=N–C) groups is 1. The molecule has 4 rings (SSSR count). The van der Waals surface area contributed by atoms with Crippen LogP contribution in [-0.2, 0) is 4.79 Å². The van der Waals surface area contributed by atoms with Gasteiger partial charge in [0.25, 0.3) is 5.91 Å². The minimum absolute atomic E-state index is 0.166. The maximum absolute atomic E-state index is 13.3. The Morgan fingerprint density at radius 3 is 2.32 bits per heavy atom. The van der Waals surface area contributed by atoms with Crippen molar-refractivity contribution < 1.29 is 19.0 Å². The summed E-state index contributed by atoms with van der Waals surface area (Å²) >= 11 is 2.70. The molecule has 0 N–H and O–H groups in total. The number of methoxy groups -OCH3 is 3. The van der Waals surface area contributed by atoms with Crippen molar-refractivity contribution >= 4 is 51.1 Å². The van der Waals surface area contributed by atoms with Crippen molar-refractivity contribution in [1.29, 1.82) is 0 Å². The molecule has 31 heavy (non-hydrogen) atoms. The summed E-state index contributed by atoms with van der Waals surface area (Å²) in [5.41, 5.74) is 1.48. The standard InChI is InChI=1S/C22H19N3O4S2/c1-27-16-11-14(12-17(28-2)19(16)29-3)13-18-20(26)25(15-7-5-4-6-8-15)22(31-18)24-21-23-9-10-30-21/h4-13H,1-3H3/b18-13-,24-22+. The molecule has 1 aromatic heterocycles. The van der Waals surface area contributed by atoms with Gasteiger partial charge in [-0.25, -0.2) is 4.98 Å². The third kappa shape index (κ3) is 4.28. The van der Waals surface area contributed by atoms with Crippen LogP contribution in [0.3, 0.4) is 0 Å². The number of hydrogen-bond acceptors (Lipinski definition) is 8. The summed E-state index contributed by atoms with van der Waals surface area (Å²) < 4.78 is 16.2. The van der Waals surface area contributed by atoms with Crippen molar-refractivity contribution in [3.05, 3.63) is 64.5 Å². The summed E-state index contributed by atoms with van der Waals surface area (Å²) in [4.78, 5) is 24.3. The number of benzene rings is 2. The zero-order valence-corrected chi connectivity index (χ0v) is 18.7. The number of carbonyl (C=O) groups is 1. The molecule has 158 valence electrons. The Morgan fingerprint density at radius 1 is 1.03 bits per heavy atom. The molecule has 1 fully saturated rings. The van der Waals surface area contributed by atoms with Crippen LogP contribution in [0.1, 0.15) is 5.56 Å². The summed E-state index contributed by atoms with van der Waals surface area (Å²) in [6.45, 7) is 0. The summed E-state index contributed by atoms with van der Waals surface area (Å²) in [6.07, 6.45) is 3.48. The van der Waals surface area contributed by atoms with Crippen LogP contribution in [0.2, 0.25) is 0 Å². The number of hydrogen-bond donors (Lipinski definition) is 0. The lowest BCUT2D eigenvalue weighted by atomic mass is 10.1. The number of thioether (sulfide) groups is 1. The second-order valence-corrected chi connectivity index (χ2v) is 8.14. The van der Waals surface area contributed by atoms with Gasteiger partial charge in [-0.2, -0.15) is 4.99 Å². The Morgan fingerprint density at radius 2 is 1.74 bits per heavy atom.